The van der Waals surface area contributed by atoms with Crippen LogP contribution in [0.25, 0.3) is 0 Å². The zero-order valence-corrected chi connectivity index (χ0v) is 12.7. The number of nitrogens with two attached hydrogens (primary N) is 1. The molecule has 0 aromatic rings. The normalized spacial score (nSPS) is 19.4. The monoisotopic (exact) mass is 345 g/mol. The number of carbonyl (C=O) groups is 5. The summed E-state index contributed by atoms with van der Waals surface area (Å²) in [6.45, 7) is 0.128. The molecular weight excluding hydrogens is 326 g/mol. The van der Waals surface area contributed by atoms with Crippen LogP contribution in [0.3, 0.4) is 0 Å². The molecule has 0 aliphatic carbocycles. The first-order valence-corrected chi connectivity index (χ1v) is 7.16. The standard InChI is InChI=1S/C13H19N3O8/c14-6(4-9(17)18)11(21)15-7(5-10(19)20)12(22)16-3-1-2-8(16)13(23)24/h6-8H,1-5,14H2,(H,15,21)(H,17,18)(H,19,20)(H,23,24)/t6-,7-,8+/m0/s1. The fourth-order valence-corrected chi connectivity index (χ4v) is 2.42. The molecule has 0 saturated carbocycles. The minimum atomic E-state index is -1.52. The van der Waals surface area contributed by atoms with Gasteiger partial charge in [0.25, 0.3) is 0 Å². The van der Waals surface area contributed by atoms with E-state index in [4.69, 9.17) is 21.1 Å². The first-order chi connectivity index (χ1) is 11.1. The molecule has 0 unspecified atom stereocenters. The van der Waals surface area contributed by atoms with Gasteiger partial charge in [-0.15, -0.1) is 0 Å². The second-order valence-electron chi connectivity index (χ2n) is 5.39. The Labute approximate surface area is 136 Å². The molecule has 0 aromatic heterocycles. The largest absolute Gasteiger partial charge is 0.481 e. The lowest BCUT2D eigenvalue weighted by atomic mass is 10.1. The molecule has 1 heterocycles. The first-order valence-electron chi connectivity index (χ1n) is 7.16. The zero-order valence-electron chi connectivity index (χ0n) is 12.7. The van der Waals surface area contributed by atoms with Crippen LogP contribution in [0.5, 0.6) is 0 Å². The Morgan fingerprint density at radius 3 is 2.17 bits per heavy atom. The number of nitrogens with one attached hydrogen (secondary N) is 1. The Balaban J connectivity index is 2.86. The van der Waals surface area contributed by atoms with Gasteiger partial charge in [-0.2, -0.15) is 0 Å². The number of nitrogens with zero attached hydrogens (tertiary/aromatic N) is 1. The third-order valence-corrected chi connectivity index (χ3v) is 3.55. The third kappa shape index (κ3) is 5.19. The van der Waals surface area contributed by atoms with E-state index in [0.717, 1.165) is 4.90 Å². The highest BCUT2D eigenvalue weighted by Crippen LogP contribution is 2.19. The highest BCUT2D eigenvalue weighted by Gasteiger charge is 2.38. The van der Waals surface area contributed by atoms with Crippen molar-refractivity contribution in [1.29, 1.82) is 0 Å². The molecule has 1 rings (SSSR count). The average Bonchev–Trinajstić information content (AvgIpc) is 2.93. The van der Waals surface area contributed by atoms with E-state index in [2.05, 4.69) is 5.32 Å². The van der Waals surface area contributed by atoms with Crippen molar-refractivity contribution >= 4 is 29.7 Å². The van der Waals surface area contributed by atoms with Crippen LogP contribution in [0, 0.1) is 0 Å². The van der Waals surface area contributed by atoms with Gasteiger partial charge in [0.05, 0.1) is 18.9 Å². The van der Waals surface area contributed by atoms with E-state index in [9.17, 15) is 24.0 Å². The van der Waals surface area contributed by atoms with Gasteiger partial charge >= 0.3 is 17.9 Å². The van der Waals surface area contributed by atoms with Gasteiger partial charge in [0.2, 0.25) is 11.8 Å². The summed E-state index contributed by atoms with van der Waals surface area (Å²) < 4.78 is 0. The van der Waals surface area contributed by atoms with Crippen LogP contribution in [0.2, 0.25) is 0 Å². The van der Waals surface area contributed by atoms with Gasteiger partial charge in [-0.1, -0.05) is 0 Å². The minimum Gasteiger partial charge on any atom is -0.481 e. The number of rotatable bonds is 8. The van der Waals surface area contributed by atoms with Crippen LogP contribution in [0.4, 0.5) is 0 Å². The highest BCUT2D eigenvalue weighted by molar-refractivity contribution is 5.95. The van der Waals surface area contributed by atoms with Gasteiger partial charge in [-0.3, -0.25) is 19.2 Å². The number of carboxylic acid groups (broad SMARTS) is 3. The average molecular weight is 345 g/mol. The maximum atomic E-state index is 12.4. The molecule has 0 bridgehead atoms. The number of likely N-dealkylation sites (tertiary alicyclic amines) is 1. The van der Waals surface area contributed by atoms with Crippen LogP contribution in [0.1, 0.15) is 25.7 Å². The molecule has 11 heteroatoms. The minimum absolute atomic E-state index is 0.128. The Morgan fingerprint density at radius 2 is 1.67 bits per heavy atom. The van der Waals surface area contributed by atoms with E-state index in [0.29, 0.717) is 6.42 Å². The molecule has 2 amide bonds. The second-order valence-corrected chi connectivity index (χ2v) is 5.39. The number of carboxylic acids is 3. The van der Waals surface area contributed by atoms with Crippen molar-refractivity contribution in [1.82, 2.24) is 10.2 Å². The highest BCUT2D eigenvalue weighted by atomic mass is 16.4. The SMILES string of the molecule is N[C@@H](CC(=O)O)C(=O)N[C@@H](CC(=O)O)C(=O)N1CCC[C@@H]1C(=O)O. The molecule has 3 atom stereocenters. The lowest BCUT2D eigenvalue weighted by molar-refractivity contribution is -0.150. The summed E-state index contributed by atoms with van der Waals surface area (Å²) >= 11 is 0. The predicted molar refractivity (Wildman–Crippen MR) is 76.8 cm³/mol. The van der Waals surface area contributed by atoms with Gasteiger partial charge in [-0.25, -0.2) is 4.79 Å². The topological polar surface area (TPSA) is 187 Å². The molecule has 6 N–H and O–H groups in total. The maximum absolute atomic E-state index is 12.4. The van der Waals surface area contributed by atoms with Gasteiger partial charge in [0, 0.05) is 6.54 Å². The Kier molecular flexibility index (Phi) is 6.65. The van der Waals surface area contributed by atoms with Gasteiger partial charge < -0.3 is 31.3 Å². The van der Waals surface area contributed by atoms with Crippen molar-refractivity contribution in [2.45, 2.75) is 43.8 Å². The Morgan fingerprint density at radius 1 is 1.08 bits per heavy atom. The fraction of sp³-hybridized carbons (Fsp3) is 0.615. The quantitative estimate of drug-likeness (QED) is 0.326. The van der Waals surface area contributed by atoms with Crippen molar-refractivity contribution in [3.05, 3.63) is 0 Å². The van der Waals surface area contributed by atoms with E-state index in [1.807, 2.05) is 0 Å². The molecule has 1 saturated heterocycles. The first kappa shape index (κ1) is 19.4. The second kappa shape index (κ2) is 8.24. The fourth-order valence-electron chi connectivity index (χ4n) is 2.42. The summed E-state index contributed by atoms with van der Waals surface area (Å²) in [5.74, 6) is -5.78. The summed E-state index contributed by atoms with van der Waals surface area (Å²) in [5.41, 5.74) is 5.37. The number of carbonyl (C=O) groups excluding carboxylic acids is 2. The van der Waals surface area contributed by atoms with E-state index in [1.54, 1.807) is 0 Å². The maximum Gasteiger partial charge on any atom is 0.326 e. The summed E-state index contributed by atoms with van der Waals surface area (Å²) in [6, 6.07) is -4.06. The number of hydrogen-bond donors (Lipinski definition) is 5. The lowest BCUT2D eigenvalue weighted by Gasteiger charge is -2.27. The molecule has 0 radical (unpaired) electrons. The van der Waals surface area contributed by atoms with Crippen molar-refractivity contribution < 1.29 is 39.3 Å². The van der Waals surface area contributed by atoms with Crippen molar-refractivity contribution in [3.8, 4) is 0 Å². The molecule has 1 fully saturated rings. The lowest BCUT2D eigenvalue weighted by Crippen LogP contribution is -2.55. The zero-order chi connectivity index (χ0) is 18.4. The van der Waals surface area contributed by atoms with E-state index >= 15 is 0 Å². The Bertz CT molecular complexity index is 549. The molecule has 0 aromatic carbocycles. The van der Waals surface area contributed by atoms with Gasteiger partial charge in [0.1, 0.15) is 12.1 Å². The summed E-state index contributed by atoms with van der Waals surface area (Å²) in [6.07, 6.45) is -0.795. The van der Waals surface area contributed by atoms with Crippen LogP contribution in [0.15, 0.2) is 0 Å². The molecular formula is C13H19N3O8. The van der Waals surface area contributed by atoms with Crippen LogP contribution < -0.4 is 11.1 Å². The van der Waals surface area contributed by atoms with Gasteiger partial charge in [-0.05, 0) is 12.8 Å². The van der Waals surface area contributed by atoms with E-state index < -0.39 is 60.7 Å². The molecule has 1 aliphatic heterocycles. The molecule has 1 aliphatic rings. The molecule has 0 spiro atoms. The van der Waals surface area contributed by atoms with Crippen LogP contribution >= 0.6 is 0 Å². The van der Waals surface area contributed by atoms with Crippen molar-refractivity contribution in [2.75, 3.05) is 6.54 Å². The molecule has 11 nitrogen and oxygen atoms in total. The summed E-state index contributed by atoms with van der Waals surface area (Å²) in [4.78, 5) is 57.8. The molecule has 24 heavy (non-hydrogen) atoms. The summed E-state index contributed by atoms with van der Waals surface area (Å²) in [5, 5.41) is 28.7. The van der Waals surface area contributed by atoms with Crippen LogP contribution in [-0.2, 0) is 24.0 Å². The van der Waals surface area contributed by atoms with E-state index in [1.165, 1.54) is 0 Å². The van der Waals surface area contributed by atoms with Crippen molar-refractivity contribution in [3.63, 3.8) is 0 Å². The predicted octanol–water partition coefficient (Wildman–Crippen LogP) is -2.18. The smallest absolute Gasteiger partial charge is 0.326 e. The van der Waals surface area contributed by atoms with Gasteiger partial charge in [0.15, 0.2) is 0 Å². The number of amides is 2. The Hall–Kier alpha value is -2.69. The van der Waals surface area contributed by atoms with Crippen molar-refractivity contribution in [2.24, 2.45) is 5.73 Å². The van der Waals surface area contributed by atoms with E-state index in [-0.39, 0.29) is 13.0 Å². The number of aliphatic carboxylic acids is 3. The number of hydrogen-bond acceptors (Lipinski definition) is 6. The molecule has 134 valence electrons. The third-order valence-electron chi connectivity index (χ3n) is 3.55. The summed E-state index contributed by atoms with van der Waals surface area (Å²) in [7, 11) is 0. The van der Waals surface area contributed by atoms with Crippen LogP contribution in [-0.4, -0.2) is 74.6 Å².